The molecule has 0 spiro atoms. The van der Waals surface area contributed by atoms with Crippen LogP contribution in [0.15, 0.2) is 42.9 Å². The molecule has 7 nitrogen and oxygen atoms in total. The van der Waals surface area contributed by atoms with Crippen molar-refractivity contribution in [1.82, 2.24) is 19.6 Å². The summed E-state index contributed by atoms with van der Waals surface area (Å²) in [6.45, 7) is 0. The highest BCUT2D eigenvalue weighted by molar-refractivity contribution is 6.13. The van der Waals surface area contributed by atoms with Crippen molar-refractivity contribution in [3.8, 4) is 11.3 Å². The van der Waals surface area contributed by atoms with E-state index in [4.69, 9.17) is 16.9 Å². The molecule has 104 valence electrons. The molecule has 2 aromatic heterocycles. The number of rotatable bonds is 3. The van der Waals surface area contributed by atoms with Crippen LogP contribution in [-0.4, -0.2) is 25.8 Å². The molecule has 1 aromatic carbocycles. The first-order valence-electron chi connectivity index (χ1n) is 6.23. The van der Waals surface area contributed by atoms with Gasteiger partial charge >= 0.3 is 0 Å². The number of nitrogen functional groups attached to an aromatic ring is 1. The second-order valence-electron chi connectivity index (χ2n) is 4.35. The van der Waals surface area contributed by atoms with Gasteiger partial charge in [-0.05, 0) is 0 Å². The molecule has 0 unspecified atom stereocenters. The van der Waals surface area contributed by atoms with Crippen molar-refractivity contribution in [1.29, 1.82) is 5.41 Å². The van der Waals surface area contributed by atoms with Crippen molar-refractivity contribution in [2.24, 2.45) is 5.73 Å². The zero-order valence-electron chi connectivity index (χ0n) is 11.1. The number of anilines is 1. The van der Waals surface area contributed by atoms with Crippen molar-refractivity contribution < 1.29 is 0 Å². The van der Waals surface area contributed by atoms with Crippen LogP contribution >= 0.6 is 0 Å². The number of nitrogens with zero attached hydrogens (tertiary/aromatic N) is 4. The molecule has 21 heavy (non-hydrogen) atoms. The van der Waals surface area contributed by atoms with Gasteiger partial charge in [-0.25, -0.2) is 4.98 Å². The van der Waals surface area contributed by atoms with Gasteiger partial charge in [0.2, 0.25) is 5.95 Å². The fourth-order valence-corrected chi connectivity index (χ4v) is 2.18. The second kappa shape index (κ2) is 5.04. The lowest BCUT2D eigenvalue weighted by atomic mass is 10.0. The summed E-state index contributed by atoms with van der Waals surface area (Å²) in [5.41, 5.74) is 14.7. The summed E-state index contributed by atoms with van der Waals surface area (Å²) in [7, 11) is 0. The average Bonchev–Trinajstić information content (AvgIpc) is 3.01. The van der Waals surface area contributed by atoms with E-state index in [1.165, 1.54) is 12.5 Å². The molecule has 0 amide bonds. The van der Waals surface area contributed by atoms with E-state index >= 15 is 0 Å². The second-order valence-corrected chi connectivity index (χ2v) is 4.35. The van der Waals surface area contributed by atoms with E-state index in [9.17, 15) is 0 Å². The summed E-state index contributed by atoms with van der Waals surface area (Å²) in [5.74, 6) is 0.277. The van der Waals surface area contributed by atoms with Crippen molar-refractivity contribution in [2.45, 2.75) is 0 Å². The van der Waals surface area contributed by atoms with Gasteiger partial charge < -0.3 is 16.9 Å². The Bertz CT molecular complexity index is 833. The number of benzene rings is 1. The molecule has 0 atom stereocenters. The summed E-state index contributed by atoms with van der Waals surface area (Å²) in [5, 5.41) is 15.5. The minimum absolute atomic E-state index is 0.277. The van der Waals surface area contributed by atoms with Gasteiger partial charge in [0.1, 0.15) is 6.33 Å². The van der Waals surface area contributed by atoms with Crippen LogP contribution in [0.4, 0.5) is 5.95 Å². The van der Waals surface area contributed by atoms with E-state index in [-0.39, 0.29) is 5.95 Å². The van der Waals surface area contributed by atoms with Gasteiger partial charge in [0.05, 0.1) is 11.3 Å². The SMILES string of the molecule is N=C/C(=C\N)c1c(-c2ccccc2)nc(N)n2cnnc12. The maximum atomic E-state index is 7.55. The molecular weight excluding hydrogens is 266 g/mol. The standard InChI is InChI=1S/C14H13N7/c15-6-10(7-16)11-12(9-4-2-1-3-5-9)19-14(17)21-8-18-20-13(11)21/h1-8,15H,16H2,(H2,17,19)/b10-7+,15-6?. The number of nitrogens with one attached hydrogen (secondary N) is 1. The Kier molecular flexibility index (Phi) is 3.07. The minimum atomic E-state index is 0.277. The van der Waals surface area contributed by atoms with Gasteiger partial charge in [-0.3, -0.25) is 4.40 Å². The summed E-state index contributed by atoms with van der Waals surface area (Å²) in [6.07, 6.45) is 3.99. The van der Waals surface area contributed by atoms with Gasteiger partial charge in [-0.2, -0.15) is 0 Å². The van der Waals surface area contributed by atoms with E-state index in [0.29, 0.717) is 22.5 Å². The van der Waals surface area contributed by atoms with E-state index in [2.05, 4.69) is 15.2 Å². The van der Waals surface area contributed by atoms with Crippen LogP contribution < -0.4 is 11.5 Å². The quantitative estimate of drug-likeness (QED) is 0.625. The smallest absolute Gasteiger partial charge is 0.207 e. The van der Waals surface area contributed by atoms with E-state index in [1.54, 1.807) is 4.40 Å². The molecule has 7 heteroatoms. The Morgan fingerprint density at radius 3 is 2.67 bits per heavy atom. The number of fused-ring (bicyclic) bond motifs is 1. The highest BCUT2D eigenvalue weighted by Crippen LogP contribution is 2.30. The van der Waals surface area contributed by atoms with E-state index in [1.807, 2.05) is 30.3 Å². The first-order valence-corrected chi connectivity index (χ1v) is 6.23. The fourth-order valence-electron chi connectivity index (χ4n) is 2.18. The third kappa shape index (κ3) is 2.00. The molecule has 2 heterocycles. The average molecular weight is 279 g/mol. The molecule has 0 aliphatic heterocycles. The highest BCUT2D eigenvalue weighted by atomic mass is 15.3. The Balaban J connectivity index is 2.43. The van der Waals surface area contributed by atoms with Crippen LogP contribution in [0.1, 0.15) is 5.56 Å². The Morgan fingerprint density at radius 2 is 2.00 bits per heavy atom. The number of hydrogen-bond acceptors (Lipinski definition) is 6. The summed E-state index contributed by atoms with van der Waals surface area (Å²) in [6, 6.07) is 9.55. The largest absolute Gasteiger partial charge is 0.404 e. The highest BCUT2D eigenvalue weighted by Gasteiger charge is 2.18. The summed E-state index contributed by atoms with van der Waals surface area (Å²) in [4.78, 5) is 4.42. The van der Waals surface area contributed by atoms with E-state index < -0.39 is 0 Å². The zero-order chi connectivity index (χ0) is 14.8. The van der Waals surface area contributed by atoms with Crippen molar-refractivity contribution >= 4 is 23.4 Å². The molecule has 0 saturated carbocycles. The molecule has 0 radical (unpaired) electrons. The van der Waals surface area contributed by atoms with Crippen molar-refractivity contribution in [2.75, 3.05) is 5.73 Å². The van der Waals surface area contributed by atoms with Crippen molar-refractivity contribution in [3.05, 3.63) is 48.4 Å². The zero-order valence-corrected chi connectivity index (χ0v) is 11.1. The van der Waals surface area contributed by atoms with Crippen LogP contribution in [0.3, 0.4) is 0 Å². The van der Waals surface area contributed by atoms with Crippen LogP contribution in [-0.2, 0) is 0 Å². The lowest BCUT2D eigenvalue weighted by molar-refractivity contribution is 1.08. The van der Waals surface area contributed by atoms with Gasteiger partial charge in [0, 0.05) is 23.6 Å². The van der Waals surface area contributed by atoms with E-state index in [0.717, 1.165) is 11.8 Å². The van der Waals surface area contributed by atoms with Crippen LogP contribution in [0, 0.1) is 5.41 Å². The number of nitrogens with two attached hydrogens (primary N) is 2. The van der Waals surface area contributed by atoms with Crippen LogP contribution in [0.2, 0.25) is 0 Å². The maximum absolute atomic E-state index is 7.55. The topological polar surface area (TPSA) is 119 Å². The summed E-state index contributed by atoms with van der Waals surface area (Å²) >= 11 is 0. The van der Waals surface area contributed by atoms with Gasteiger partial charge in [-0.15, -0.1) is 10.2 Å². The number of aromatic nitrogens is 4. The number of hydrogen-bond donors (Lipinski definition) is 3. The normalized spacial score (nSPS) is 11.7. The number of allylic oxidation sites excluding steroid dienone is 1. The predicted molar refractivity (Wildman–Crippen MR) is 81.6 cm³/mol. The molecule has 3 rings (SSSR count). The van der Waals surface area contributed by atoms with Gasteiger partial charge in [-0.1, -0.05) is 30.3 Å². The maximum Gasteiger partial charge on any atom is 0.207 e. The molecule has 0 aliphatic carbocycles. The molecule has 5 N–H and O–H groups in total. The monoisotopic (exact) mass is 279 g/mol. The first kappa shape index (κ1) is 12.8. The lowest BCUT2D eigenvalue weighted by Gasteiger charge is -2.11. The molecular formula is C14H13N7. The van der Waals surface area contributed by atoms with Gasteiger partial charge in [0.25, 0.3) is 0 Å². The van der Waals surface area contributed by atoms with Gasteiger partial charge in [0.15, 0.2) is 5.65 Å². The lowest BCUT2D eigenvalue weighted by Crippen LogP contribution is -2.07. The van der Waals surface area contributed by atoms with Crippen LogP contribution in [0.5, 0.6) is 0 Å². The molecule has 0 bridgehead atoms. The Morgan fingerprint density at radius 1 is 1.24 bits per heavy atom. The molecule has 0 fully saturated rings. The molecule has 3 aromatic rings. The third-order valence-corrected chi connectivity index (χ3v) is 3.15. The third-order valence-electron chi connectivity index (χ3n) is 3.15. The minimum Gasteiger partial charge on any atom is -0.404 e. The predicted octanol–water partition coefficient (Wildman–Crippen LogP) is 1.32. The first-order chi connectivity index (χ1) is 10.3. The summed E-state index contributed by atoms with van der Waals surface area (Å²) < 4.78 is 1.56. The van der Waals surface area contributed by atoms with Crippen LogP contribution in [0.25, 0.3) is 22.5 Å². The molecule has 0 saturated heterocycles. The molecule has 0 aliphatic rings. The van der Waals surface area contributed by atoms with Crippen molar-refractivity contribution in [3.63, 3.8) is 0 Å². The Hall–Kier alpha value is -3.22. The fraction of sp³-hybridized carbons (Fsp3) is 0. The Labute approximate surface area is 120 Å².